The number of likely N-dealkylation sites (tertiary alicyclic amines) is 1. The first-order valence-corrected chi connectivity index (χ1v) is 8.56. The lowest BCUT2D eigenvalue weighted by Crippen LogP contribution is -2.24. The van der Waals surface area contributed by atoms with Crippen LogP contribution in [-0.2, 0) is 19.3 Å². The molecule has 0 saturated carbocycles. The molecule has 2 aliphatic rings. The van der Waals surface area contributed by atoms with E-state index in [0.717, 1.165) is 13.0 Å². The zero-order valence-corrected chi connectivity index (χ0v) is 13.1. The second kappa shape index (κ2) is 6.21. The largest absolute Gasteiger partial charge is 0.330 e. The van der Waals surface area contributed by atoms with Gasteiger partial charge in [0, 0.05) is 43.8 Å². The third-order valence-electron chi connectivity index (χ3n) is 5.17. The van der Waals surface area contributed by atoms with Crippen LogP contribution in [0.2, 0.25) is 0 Å². The summed E-state index contributed by atoms with van der Waals surface area (Å²) in [5.41, 5.74) is 4.27. The fourth-order valence-electron chi connectivity index (χ4n) is 3.89. The summed E-state index contributed by atoms with van der Waals surface area (Å²) >= 11 is 0. The van der Waals surface area contributed by atoms with E-state index >= 15 is 0 Å². The average Bonchev–Trinajstić information content (AvgIpc) is 3.20. The lowest BCUT2D eigenvalue weighted by atomic mass is 10.0. The maximum atomic E-state index is 4.66. The van der Waals surface area contributed by atoms with Crippen LogP contribution in [0.15, 0.2) is 30.9 Å². The number of pyridine rings is 1. The van der Waals surface area contributed by atoms with Crippen LogP contribution in [0.3, 0.4) is 0 Å². The number of aryl methyl sites for hydroxylation is 1. The van der Waals surface area contributed by atoms with Crippen molar-refractivity contribution in [3.63, 3.8) is 0 Å². The summed E-state index contributed by atoms with van der Waals surface area (Å²) in [5, 5.41) is 0. The first-order valence-electron chi connectivity index (χ1n) is 8.56. The second-order valence-electron chi connectivity index (χ2n) is 6.60. The Balaban J connectivity index is 1.37. The van der Waals surface area contributed by atoms with Crippen molar-refractivity contribution in [3.05, 3.63) is 47.8 Å². The first kappa shape index (κ1) is 13.9. The van der Waals surface area contributed by atoms with Gasteiger partial charge in [0.15, 0.2) is 0 Å². The van der Waals surface area contributed by atoms with E-state index in [1.165, 1.54) is 62.1 Å². The Bertz CT molecular complexity index is 619. The van der Waals surface area contributed by atoms with Gasteiger partial charge in [-0.25, -0.2) is 4.98 Å². The monoisotopic (exact) mass is 296 g/mol. The number of hydrogen-bond donors (Lipinski definition) is 0. The van der Waals surface area contributed by atoms with Crippen LogP contribution < -0.4 is 0 Å². The molecule has 0 N–H and O–H groups in total. The molecule has 1 saturated heterocycles. The molecule has 0 spiro atoms. The number of hydrogen-bond acceptors (Lipinski definition) is 3. The smallest absolute Gasteiger partial charge is 0.0954 e. The third kappa shape index (κ3) is 2.80. The predicted octanol–water partition coefficient (Wildman–Crippen LogP) is 2.65. The van der Waals surface area contributed by atoms with Crippen LogP contribution in [0.4, 0.5) is 0 Å². The minimum absolute atomic E-state index is 0.631. The number of nitrogens with zero attached hydrogens (tertiary/aromatic N) is 4. The van der Waals surface area contributed by atoms with Crippen molar-refractivity contribution < 1.29 is 0 Å². The van der Waals surface area contributed by atoms with E-state index in [9.17, 15) is 0 Å². The maximum absolute atomic E-state index is 4.66. The van der Waals surface area contributed by atoms with Gasteiger partial charge in [-0.15, -0.1) is 0 Å². The quantitative estimate of drug-likeness (QED) is 0.870. The molecule has 3 heterocycles. The van der Waals surface area contributed by atoms with Crippen LogP contribution in [0.25, 0.3) is 0 Å². The predicted molar refractivity (Wildman–Crippen MR) is 86.9 cm³/mol. The molecule has 1 aliphatic carbocycles. The Hall–Kier alpha value is -1.68. The van der Waals surface area contributed by atoms with Crippen LogP contribution >= 0.6 is 0 Å². The molecular formula is C18H24N4. The van der Waals surface area contributed by atoms with E-state index in [0.29, 0.717) is 6.04 Å². The van der Waals surface area contributed by atoms with E-state index in [4.69, 9.17) is 0 Å². The lowest BCUT2D eigenvalue weighted by molar-refractivity contribution is 0.326. The van der Waals surface area contributed by atoms with Gasteiger partial charge in [0.2, 0.25) is 0 Å². The Morgan fingerprint density at radius 2 is 2.00 bits per heavy atom. The molecule has 0 unspecified atom stereocenters. The molecule has 1 atom stereocenters. The van der Waals surface area contributed by atoms with Crippen molar-refractivity contribution in [3.8, 4) is 0 Å². The molecule has 1 aliphatic heterocycles. The molecule has 4 nitrogen and oxygen atoms in total. The molecule has 4 rings (SSSR count). The SMILES string of the molecule is c1cc(CCN2CC[C@H](n3cnc4c3CCCC4)C2)ccn1. The van der Waals surface area contributed by atoms with Gasteiger partial charge in [-0.2, -0.15) is 0 Å². The van der Waals surface area contributed by atoms with Gasteiger partial charge in [0.1, 0.15) is 0 Å². The van der Waals surface area contributed by atoms with Crippen LogP contribution in [0.1, 0.15) is 42.3 Å². The molecule has 2 aromatic rings. The van der Waals surface area contributed by atoms with Crippen LogP contribution in [-0.4, -0.2) is 39.1 Å². The molecule has 2 aromatic heterocycles. The third-order valence-corrected chi connectivity index (χ3v) is 5.17. The zero-order chi connectivity index (χ0) is 14.8. The van der Waals surface area contributed by atoms with Crippen molar-refractivity contribution in [2.45, 2.75) is 44.6 Å². The molecule has 0 aromatic carbocycles. The lowest BCUT2D eigenvalue weighted by Gasteiger charge is -2.20. The molecule has 0 bridgehead atoms. The summed E-state index contributed by atoms with van der Waals surface area (Å²) in [5.74, 6) is 0. The Morgan fingerprint density at radius 3 is 2.91 bits per heavy atom. The molecule has 1 fully saturated rings. The fourth-order valence-corrected chi connectivity index (χ4v) is 3.89. The number of rotatable bonds is 4. The maximum Gasteiger partial charge on any atom is 0.0954 e. The molecule has 22 heavy (non-hydrogen) atoms. The fraction of sp³-hybridized carbons (Fsp3) is 0.556. The van der Waals surface area contributed by atoms with Crippen LogP contribution in [0.5, 0.6) is 0 Å². The highest BCUT2D eigenvalue weighted by molar-refractivity contribution is 5.18. The normalized spacial score (nSPS) is 21.9. The van der Waals surface area contributed by atoms with Crippen LogP contribution in [0, 0.1) is 0 Å². The van der Waals surface area contributed by atoms with Gasteiger partial charge in [-0.3, -0.25) is 4.98 Å². The average molecular weight is 296 g/mol. The topological polar surface area (TPSA) is 34.0 Å². The van der Waals surface area contributed by atoms with E-state index in [-0.39, 0.29) is 0 Å². The molecule has 0 radical (unpaired) electrons. The summed E-state index contributed by atoms with van der Waals surface area (Å²) in [6.07, 6.45) is 13.3. The van der Waals surface area contributed by atoms with E-state index in [1.54, 1.807) is 0 Å². The van der Waals surface area contributed by atoms with Gasteiger partial charge < -0.3 is 9.47 Å². The Labute approximate surface area is 132 Å². The minimum atomic E-state index is 0.631. The highest BCUT2D eigenvalue weighted by atomic mass is 15.2. The second-order valence-corrected chi connectivity index (χ2v) is 6.60. The molecule has 116 valence electrons. The van der Waals surface area contributed by atoms with Crippen molar-refractivity contribution in [2.75, 3.05) is 19.6 Å². The summed E-state index contributed by atoms with van der Waals surface area (Å²) in [4.78, 5) is 11.3. The summed E-state index contributed by atoms with van der Waals surface area (Å²) in [6, 6.07) is 4.88. The molecule has 0 amide bonds. The van der Waals surface area contributed by atoms with Gasteiger partial charge in [-0.1, -0.05) is 0 Å². The van der Waals surface area contributed by atoms with E-state index in [2.05, 4.69) is 37.9 Å². The number of imidazole rings is 1. The highest BCUT2D eigenvalue weighted by Crippen LogP contribution is 2.28. The summed E-state index contributed by atoms with van der Waals surface area (Å²) < 4.78 is 2.49. The minimum Gasteiger partial charge on any atom is -0.330 e. The standard InChI is InChI=1S/C18H24N4/c1-2-4-18-17(3-1)20-14-22(18)16-8-12-21(13-16)11-7-15-5-9-19-10-6-15/h5-6,9-10,14,16H,1-4,7-8,11-13H2/t16-/m0/s1. The van der Waals surface area contributed by atoms with Gasteiger partial charge in [-0.05, 0) is 56.2 Å². The summed E-state index contributed by atoms with van der Waals surface area (Å²) in [6.45, 7) is 3.54. The van der Waals surface area contributed by atoms with Crippen molar-refractivity contribution in [1.29, 1.82) is 0 Å². The zero-order valence-electron chi connectivity index (χ0n) is 13.1. The number of fused-ring (bicyclic) bond motifs is 1. The summed E-state index contributed by atoms with van der Waals surface area (Å²) in [7, 11) is 0. The first-order chi connectivity index (χ1) is 10.9. The van der Waals surface area contributed by atoms with Crippen molar-refractivity contribution in [1.82, 2.24) is 19.4 Å². The number of aromatic nitrogens is 3. The van der Waals surface area contributed by atoms with Gasteiger partial charge >= 0.3 is 0 Å². The van der Waals surface area contributed by atoms with Gasteiger partial charge in [0.25, 0.3) is 0 Å². The van der Waals surface area contributed by atoms with Crippen molar-refractivity contribution in [2.24, 2.45) is 0 Å². The Kier molecular flexibility index (Phi) is 3.94. The van der Waals surface area contributed by atoms with Gasteiger partial charge in [0.05, 0.1) is 12.0 Å². The molecule has 4 heteroatoms. The molecular weight excluding hydrogens is 272 g/mol. The van der Waals surface area contributed by atoms with E-state index < -0.39 is 0 Å². The Morgan fingerprint density at radius 1 is 1.14 bits per heavy atom. The highest BCUT2D eigenvalue weighted by Gasteiger charge is 2.26. The van der Waals surface area contributed by atoms with E-state index in [1.807, 2.05) is 12.4 Å². The van der Waals surface area contributed by atoms with Crippen molar-refractivity contribution >= 4 is 0 Å².